The average Bonchev–Trinajstić information content (AvgIpc) is 2.71. The van der Waals surface area contributed by atoms with Crippen LogP contribution in [0.15, 0.2) is 6.07 Å². The minimum Gasteiger partial charge on any atom is -0.392 e. The second-order valence-electron chi connectivity index (χ2n) is 4.87. The lowest BCUT2D eigenvalue weighted by Crippen LogP contribution is -2.32. The minimum absolute atomic E-state index is 0.251. The van der Waals surface area contributed by atoms with Crippen molar-refractivity contribution in [1.29, 1.82) is 0 Å². The molecule has 1 atom stereocenters. The van der Waals surface area contributed by atoms with Gasteiger partial charge in [0.25, 0.3) is 0 Å². The molecule has 0 radical (unpaired) electrons. The fourth-order valence-electron chi connectivity index (χ4n) is 2.36. The molecule has 4 heteroatoms. The van der Waals surface area contributed by atoms with Crippen LogP contribution in [0.4, 0.5) is 0 Å². The summed E-state index contributed by atoms with van der Waals surface area (Å²) >= 11 is 0. The summed E-state index contributed by atoms with van der Waals surface area (Å²) in [4.78, 5) is 0. The molecule has 1 unspecified atom stereocenters. The second-order valence-corrected chi connectivity index (χ2v) is 4.87. The Labute approximate surface area is 110 Å². The van der Waals surface area contributed by atoms with Crippen LogP contribution in [0.5, 0.6) is 0 Å². The molecule has 1 aromatic rings. The molecule has 0 fully saturated rings. The van der Waals surface area contributed by atoms with E-state index >= 15 is 0 Å². The third-order valence-corrected chi connectivity index (χ3v) is 3.54. The Kier molecular flexibility index (Phi) is 6.36. The summed E-state index contributed by atoms with van der Waals surface area (Å²) in [6.07, 6.45) is 1.82. The van der Waals surface area contributed by atoms with Gasteiger partial charge in [-0.05, 0) is 25.8 Å². The molecule has 0 aliphatic heterocycles. The maximum absolute atomic E-state index is 10.0. The zero-order chi connectivity index (χ0) is 13.5. The molecular formula is C14H27N3O. The number of aliphatic hydroxyl groups excluding tert-OH is 1. The lowest BCUT2D eigenvalue weighted by molar-refractivity contribution is 0.101. The molecule has 2 N–H and O–H groups in total. The van der Waals surface area contributed by atoms with E-state index in [0.717, 1.165) is 31.6 Å². The minimum atomic E-state index is -0.251. The van der Waals surface area contributed by atoms with Crippen LogP contribution >= 0.6 is 0 Å². The molecule has 1 rings (SSSR count). The Morgan fingerprint density at radius 2 is 2.00 bits per heavy atom. The van der Waals surface area contributed by atoms with Gasteiger partial charge in [0.05, 0.1) is 17.5 Å². The van der Waals surface area contributed by atoms with Crippen molar-refractivity contribution in [2.24, 2.45) is 5.92 Å². The van der Waals surface area contributed by atoms with E-state index in [0.29, 0.717) is 12.5 Å². The molecule has 0 aliphatic carbocycles. The maximum atomic E-state index is 10.0. The Morgan fingerprint density at radius 1 is 1.33 bits per heavy atom. The maximum Gasteiger partial charge on any atom is 0.0692 e. The van der Waals surface area contributed by atoms with Gasteiger partial charge in [-0.2, -0.15) is 5.10 Å². The molecule has 0 spiro atoms. The predicted octanol–water partition coefficient (Wildman–Crippen LogP) is 2.10. The van der Waals surface area contributed by atoms with Crippen LogP contribution in [0.3, 0.4) is 0 Å². The van der Waals surface area contributed by atoms with Gasteiger partial charge in [-0.25, -0.2) is 0 Å². The van der Waals surface area contributed by atoms with Crippen LogP contribution in [0.2, 0.25) is 0 Å². The van der Waals surface area contributed by atoms with Crippen molar-refractivity contribution in [1.82, 2.24) is 15.1 Å². The van der Waals surface area contributed by atoms with E-state index in [1.807, 2.05) is 11.6 Å². The number of nitrogens with one attached hydrogen (secondary N) is 1. The number of aliphatic hydroxyl groups is 1. The van der Waals surface area contributed by atoms with Gasteiger partial charge in [0, 0.05) is 19.6 Å². The van der Waals surface area contributed by atoms with Crippen molar-refractivity contribution in [2.75, 3.05) is 6.54 Å². The van der Waals surface area contributed by atoms with Crippen molar-refractivity contribution in [2.45, 2.75) is 59.7 Å². The van der Waals surface area contributed by atoms with Crippen LogP contribution in [-0.2, 0) is 13.1 Å². The SMILES string of the molecule is CCC(CC)C(O)CNCc1cc(C)nn1CC. The molecule has 0 amide bonds. The summed E-state index contributed by atoms with van der Waals surface area (Å²) in [6, 6.07) is 2.10. The van der Waals surface area contributed by atoms with Crippen LogP contribution in [0.25, 0.3) is 0 Å². The summed E-state index contributed by atoms with van der Waals surface area (Å²) in [5.41, 5.74) is 2.24. The van der Waals surface area contributed by atoms with Crippen molar-refractivity contribution >= 4 is 0 Å². The summed E-state index contributed by atoms with van der Waals surface area (Å²) in [6.45, 7) is 10.7. The number of hydrogen-bond donors (Lipinski definition) is 2. The monoisotopic (exact) mass is 253 g/mol. The van der Waals surface area contributed by atoms with Crippen molar-refractivity contribution in [3.63, 3.8) is 0 Å². The van der Waals surface area contributed by atoms with Gasteiger partial charge in [-0.1, -0.05) is 26.7 Å². The van der Waals surface area contributed by atoms with E-state index in [1.165, 1.54) is 5.69 Å². The van der Waals surface area contributed by atoms with Crippen molar-refractivity contribution < 1.29 is 5.11 Å². The van der Waals surface area contributed by atoms with Gasteiger partial charge in [-0.15, -0.1) is 0 Å². The molecule has 0 saturated heterocycles. The Balaban J connectivity index is 2.41. The lowest BCUT2D eigenvalue weighted by Gasteiger charge is -2.20. The number of rotatable bonds is 8. The lowest BCUT2D eigenvalue weighted by atomic mass is 9.96. The van der Waals surface area contributed by atoms with Crippen molar-refractivity contribution in [3.8, 4) is 0 Å². The van der Waals surface area contributed by atoms with Gasteiger partial charge in [-0.3, -0.25) is 4.68 Å². The number of nitrogens with zero attached hydrogens (tertiary/aromatic N) is 2. The highest BCUT2D eigenvalue weighted by molar-refractivity contribution is 5.08. The first-order valence-electron chi connectivity index (χ1n) is 7.04. The molecule has 0 saturated carbocycles. The predicted molar refractivity (Wildman–Crippen MR) is 74.4 cm³/mol. The molecule has 0 aliphatic rings. The molecule has 0 aromatic carbocycles. The van der Waals surface area contributed by atoms with E-state index in [4.69, 9.17) is 0 Å². The van der Waals surface area contributed by atoms with Gasteiger partial charge < -0.3 is 10.4 Å². The van der Waals surface area contributed by atoms with Crippen LogP contribution in [0.1, 0.15) is 45.0 Å². The topological polar surface area (TPSA) is 50.1 Å². The first-order chi connectivity index (χ1) is 8.62. The van der Waals surface area contributed by atoms with Crippen LogP contribution < -0.4 is 5.32 Å². The fraction of sp³-hybridized carbons (Fsp3) is 0.786. The summed E-state index contributed by atoms with van der Waals surface area (Å²) in [5, 5.41) is 17.8. The van der Waals surface area contributed by atoms with E-state index in [-0.39, 0.29) is 6.10 Å². The molecular weight excluding hydrogens is 226 g/mol. The smallest absolute Gasteiger partial charge is 0.0692 e. The van der Waals surface area contributed by atoms with Gasteiger partial charge >= 0.3 is 0 Å². The Morgan fingerprint density at radius 3 is 2.56 bits per heavy atom. The second kappa shape index (κ2) is 7.54. The Hall–Kier alpha value is -0.870. The third kappa shape index (κ3) is 4.10. The first-order valence-corrected chi connectivity index (χ1v) is 7.04. The highest BCUT2D eigenvalue weighted by atomic mass is 16.3. The summed E-state index contributed by atoms with van der Waals surface area (Å²) in [5.74, 6) is 0.398. The van der Waals surface area contributed by atoms with Crippen molar-refractivity contribution in [3.05, 3.63) is 17.5 Å². The first kappa shape index (κ1) is 15.2. The largest absolute Gasteiger partial charge is 0.392 e. The summed E-state index contributed by atoms with van der Waals surface area (Å²) < 4.78 is 2.01. The summed E-state index contributed by atoms with van der Waals surface area (Å²) in [7, 11) is 0. The quantitative estimate of drug-likeness (QED) is 0.746. The zero-order valence-electron chi connectivity index (χ0n) is 12.1. The molecule has 104 valence electrons. The van der Waals surface area contributed by atoms with Crippen LogP contribution in [-0.4, -0.2) is 27.5 Å². The van der Waals surface area contributed by atoms with E-state index in [9.17, 15) is 5.11 Å². The van der Waals surface area contributed by atoms with Gasteiger partial charge in [0.2, 0.25) is 0 Å². The Bertz CT molecular complexity index is 345. The van der Waals surface area contributed by atoms with E-state index in [1.54, 1.807) is 0 Å². The highest BCUT2D eigenvalue weighted by Crippen LogP contribution is 2.12. The standard InChI is InChI=1S/C14H27N3O/c1-5-12(6-2)14(18)10-15-9-13-8-11(4)16-17(13)7-3/h8,12,14-15,18H,5-7,9-10H2,1-4H3. The molecule has 18 heavy (non-hydrogen) atoms. The molecule has 0 bridgehead atoms. The number of aromatic nitrogens is 2. The molecule has 4 nitrogen and oxygen atoms in total. The number of hydrogen-bond acceptors (Lipinski definition) is 3. The van der Waals surface area contributed by atoms with E-state index < -0.39 is 0 Å². The normalized spacial score (nSPS) is 13.2. The van der Waals surface area contributed by atoms with E-state index in [2.05, 4.69) is 37.3 Å². The average molecular weight is 253 g/mol. The van der Waals surface area contributed by atoms with Gasteiger partial charge in [0.15, 0.2) is 0 Å². The highest BCUT2D eigenvalue weighted by Gasteiger charge is 2.15. The fourth-order valence-corrected chi connectivity index (χ4v) is 2.36. The number of aryl methyl sites for hydroxylation is 2. The van der Waals surface area contributed by atoms with Gasteiger partial charge in [0.1, 0.15) is 0 Å². The van der Waals surface area contributed by atoms with Crippen LogP contribution in [0, 0.1) is 12.8 Å². The molecule has 1 heterocycles. The third-order valence-electron chi connectivity index (χ3n) is 3.54. The zero-order valence-corrected chi connectivity index (χ0v) is 12.1. The molecule has 1 aromatic heterocycles.